The van der Waals surface area contributed by atoms with Crippen LogP contribution in [0.1, 0.15) is 31.1 Å². The number of pyridine rings is 1. The number of esters is 2. The van der Waals surface area contributed by atoms with Crippen LogP contribution in [0.4, 0.5) is 5.69 Å². The Morgan fingerprint density at radius 3 is 2.25 bits per heavy atom. The van der Waals surface area contributed by atoms with Gasteiger partial charge in [-0.25, -0.2) is 14.6 Å². The number of ether oxygens (including phenoxy) is 2. The number of carbonyl (C=O) groups is 3. The summed E-state index contributed by atoms with van der Waals surface area (Å²) < 4.78 is 9.90. The van der Waals surface area contributed by atoms with Crippen LogP contribution in [-0.4, -0.2) is 37.0 Å². The summed E-state index contributed by atoms with van der Waals surface area (Å²) in [4.78, 5) is 39.8. The molecule has 1 heterocycles. The van der Waals surface area contributed by atoms with Crippen LogP contribution in [0, 0.1) is 0 Å². The summed E-state index contributed by atoms with van der Waals surface area (Å²) in [7, 11) is 2.46. The summed E-state index contributed by atoms with van der Waals surface area (Å²) in [5, 5.41) is 2.58. The number of nitrogens with zero attached hydrogens (tertiary/aromatic N) is 1. The Labute approximate surface area is 146 Å². The molecule has 8 heteroatoms. The van der Waals surface area contributed by atoms with E-state index < -0.39 is 17.8 Å². The van der Waals surface area contributed by atoms with Crippen molar-refractivity contribution < 1.29 is 23.9 Å². The molecule has 24 heavy (non-hydrogen) atoms. The highest BCUT2D eigenvalue weighted by atomic mass is 79.9. The number of anilines is 1. The molecule has 1 aromatic carbocycles. The van der Waals surface area contributed by atoms with Gasteiger partial charge < -0.3 is 14.8 Å². The Hall–Kier alpha value is -2.74. The van der Waals surface area contributed by atoms with Crippen molar-refractivity contribution in [2.45, 2.75) is 0 Å². The van der Waals surface area contributed by atoms with Gasteiger partial charge in [0.25, 0.3) is 5.91 Å². The minimum absolute atomic E-state index is 0.114. The van der Waals surface area contributed by atoms with Gasteiger partial charge in [0.1, 0.15) is 4.60 Å². The third kappa shape index (κ3) is 3.96. The molecule has 0 atom stereocenters. The summed E-state index contributed by atoms with van der Waals surface area (Å²) in [6, 6.07) is 7.32. The average Bonchev–Trinajstić information content (AvgIpc) is 2.60. The zero-order valence-corrected chi connectivity index (χ0v) is 14.4. The van der Waals surface area contributed by atoms with E-state index in [-0.39, 0.29) is 22.4 Å². The van der Waals surface area contributed by atoms with E-state index in [0.717, 1.165) is 0 Å². The predicted molar refractivity (Wildman–Crippen MR) is 89.0 cm³/mol. The van der Waals surface area contributed by atoms with Gasteiger partial charge >= 0.3 is 11.9 Å². The van der Waals surface area contributed by atoms with E-state index in [0.29, 0.717) is 4.60 Å². The van der Waals surface area contributed by atoms with E-state index in [9.17, 15) is 14.4 Å². The number of carbonyl (C=O) groups excluding carboxylic acids is 3. The molecule has 0 saturated carbocycles. The molecule has 2 rings (SSSR count). The van der Waals surface area contributed by atoms with Gasteiger partial charge in [-0.15, -0.1) is 0 Å². The number of hydrogen-bond donors (Lipinski definition) is 1. The highest BCUT2D eigenvalue weighted by molar-refractivity contribution is 9.10. The summed E-state index contributed by atoms with van der Waals surface area (Å²) in [6.45, 7) is 0. The Morgan fingerprint density at radius 2 is 1.67 bits per heavy atom. The maximum Gasteiger partial charge on any atom is 0.339 e. The SMILES string of the molecule is COC(=O)c1ccc(C(=O)OC)c(NC(=O)c2ccc(Br)nc2)c1. The first-order valence-electron chi connectivity index (χ1n) is 6.70. The second-order valence-electron chi connectivity index (χ2n) is 4.57. The highest BCUT2D eigenvalue weighted by Gasteiger charge is 2.18. The minimum Gasteiger partial charge on any atom is -0.465 e. The summed E-state index contributed by atoms with van der Waals surface area (Å²) >= 11 is 3.18. The second kappa shape index (κ2) is 7.69. The molecule has 1 amide bonds. The van der Waals surface area contributed by atoms with Crippen molar-refractivity contribution in [1.29, 1.82) is 0 Å². The first-order chi connectivity index (χ1) is 11.5. The number of amides is 1. The van der Waals surface area contributed by atoms with E-state index in [4.69, 9.17) is 0 Å². The number of rotatable bonds is 4. The lowest BCUT2D eigenvalue weighted by Gasteiger charge is -2.11. The summed E-state index contributed by atoms with van der Waals surface area (Å²) in [5.74, 6) is -1.72. The molecule has 1 aromatic heterocycles. The molecule has 7 nitrogen and oxygen atoms in total. The monoisotopic (exact) mass is 392 g/mol. The van der Waals surface area contributed by atoms with E-state index in [2.05, 4.69) is 35.7 Å². The van der Waals surface area contributed by atoms with Crippen molar-refractivity contribution >= 4 is 39.5 Å². The van der Waals surface area contributed by atoms with Crippen LogP contribution in [-0.2, 0) is 9.47 Å². The molecule has 0 fully saturated rings. The molecule has 0 aliphatic rings. The van der Waals surface area contributed by atoms with E-state index in [1.165, 1.54) is 38.6 Å². The van der Waals surface area contributed by atoms with Gasteiger partial charge in [0, 0.05) is 6.20 Å². The number of nitrogens with one attached hydrogen (secondary N) is 1. The van der Waals surface area contributed by atoms with Crippen LogP contribution in [0.15, 0.2) is 41.1 Å². The van der Waals surface area contributed by atoms with Crippen molar-refractivity contribution in [1.82, 2.24) is 4.98 Å². The van der Waals surface area contributed by atoms with Crippen LogP contribution in [0.25, 0.3) is 0 Å². The van der Waals surface area contributed by atoms with Crippen molar-refractivity contribution in [3.63, 3.8) is 0 Å². The lowest BCUT2D eigenvalue weighted by Crippen LogP contribution is -2.16. The van der Waals surface area contributed by atoms with Crippen LogP contribution >= 0.6 is 15.9 Å². The zero-order valence-electron chi connectivity index (χ0n) is 12.8. The standard InChI is InChI=1S/C16H13BrN2O5/c1-23-15(21)9-3-5-11(16(22)24-2)12(7-9)19-14(20)10-4-6-13(17)18-8-10/h3-8H,1-2H3,(H,19,20). The molecule has 2 aromatic rings. The Balaban J connectivity index is 2.38. The van der Waals surface area contributed by atoms with Gasteiger partial charge in [-0.3, -0.25) is 4.79 Å². The van der Waals surface area contributed by atoms with E-state index >= 15 is 0 Å². The summed E-state index contributed by atoms with van der Waals surface area (Å²) in [6.07, 6.45) is 1.38. The maximum absolute atomic E-state index is 12.3. The second-order valence-corrected chi connectivity index (χ2v) is 5.38. The van der Waals surface area contributed by atoms with Crippen LogP contribution < -0.4 is 5.32 Å². The molecule has 0 saturated heterocycles. The van der Waals surface area contributed by atoms with Gasteiger partial charge in [-0.2, -0.15) is 0 Å². The van der Waals surface area contributed by atoms with Crippen LogP contribution in [0.2, 0.25) is 0 Å². The molecule has 0 aliphatic heterocycles. The molecule has 0 radical (unpaired) electrons. The minimum atomic E-state index is -0.643. The van der Waals surface area contributed by atoms with E-state index in [1.54, 1.807) is 12.1 Å². The van der Waals surface area contributed by atoms with Gasteiger partial charge in [-0.1, -0.05) is 0 Å². The van der Waals surface area contributed by atoms with Crippen molar-refractivity contribution in [3.8, 4) is 0 Å². The molecule has 0 bridgehead atoms. The first kappa shape index (κ1) is 17.6. The Morgan fingerprint density at radius 1 is 1.00 bits per heavy atom. The lowest BCUT2D eigenvalue weighted by atomic mass is 10.1. The molecule has 0 aliphatic carbocycles. The number of methoxy groups -OCH3 is 2. The fourth-order valence-corrected chi connectivity index (χ4v) is 2.12. The van der Waals surface area contributed by atoms with Gasteiger partial charge in [0.05, 0.1) is 36.6 Å². The summed E-state index contributed by atoms with van der Waals surface area (Å²) in [5.41, 5.74) is 0.730. The topological polar surface area (TPSA) is 94.6 Å². The van der Waals surface area contributed by atoms with Gasteiger partial charge in [0.2, 0.25) is 0 Å². The number of benzene rings is 1. The average molecular weight is 393 g/mol. The zero-order chi connectivity index (χ0) is 17.7. The first-order valence-corrected chi connectivity index (χ1v) is 7.49. The quantitative estimate of drug-likeness (QED) is 0.634. The van der Waals surface area contributed by atoms with Crippen molar-refractivity contribution in [2.75, 3.05) is 19.5 Å². The molecule has 0 unspecified atom stereocenters. The number of aromatic nitrogens is 1. The fraction of sp³-hybridized carbons (Fsp3) is 0.125. The highest BCUT2D eigenvalue weighted by Crippen LogP contribution is 2.21. The fourth-order valence-electron chi connectivity index (χ4n) is 1.89. The Kier molecular flexibility index (Phi) is 5.64. The van der Waals surface area contributed by atoms with Crippen LogP contribution in [0.5, 0.6) is 0 Å². The number of halogens is 1. The third-order valence-corrected chi connectivity index (χ3v) is 3.55. The van der Waals surface area contributed by atoms with Crippen molar-refractivity contribution in [3.05, 3.63) is 57.8 Å². The molecular weight excluding hydrogens is 380 g/mol. The number of hydrogen-bond acceptors (Lipinski definition) is 6. The smallest absolute Gasteiger partial charge is 0.339 e. The molecule has 1 N–H and O–H groups in total. The maximum atomic E-state index is 12.3. The van der Waals surface area contributed by atoms with Gasteiger partial charge in [0.15, 0.2) is 0 Å². The van der Waals surface area contributed by atoms with Crippen molar-refractivity contribution in [2.24, 2.45) is 0 Å². The Bertz CT molecular complexity index is 790. The van der Waals surface area contributed by atoms with Crippen LogP contribution in [0.3, 0.4) is 0 Å². The van der Waals surface area contributed by atoms with E-state index in [1.807, 2.05) is 0 Å². The largest absolute Gasteiger partial charge is 0.465 e. The predicted octanol–water partition coefficient (Wildman–Crippen LogP) is 2.67. The molecular formula is C16H13BrN2O5. The van der Waals surface area contributed by atoms with Gasteiger partial charge in [-0.05, 0) is 46.3 Å². The third-order valence-electron chi connectivity index (χ3n) is 3.08. The molecule has 124 valence electrons. The molecule has 0 spiro atoms. The lowest BCUT2D eigenvalue weighted by molar-refractivity contribution is 0.0587. The normalized spacial score (nSPS) is 9.96.